The molecule has 178 valence electrons. The van der Waals surface area contributed by atoms with Crippen LogP contribution in [0.25, 0.3) is 33.1 Å². The van der Waals surface area contributed by atoms with E-state index in [9.17, 15) is 0 Å². The average Bonchev–Trinajstić information content (AvgIpc) is 3.38. The van der Waals surface area contributed by atoms with Gasteiger partial charge in [0.25, 0.3) is 0 Å². The summed E-state index contributed by atoms with van der Waals surface area (Å²) in [7, 11) is 96.0. The highest BCUT2D eigenvalue weighted by atomic mass is 16.3. The van der Waals surface area contributed by atoms with Crippen molar-refractivity contribution < 1.29 is 4.42 Å². The van der Waals surface area contributed by atoms with E-state index in [0.717, 1.165) is 0 Å². The zero-order valence-electron chi connectivity index (χ0n) is 25.1. The Morgan fingerprint density at radius 2 is 0.756 bits per heavy atom. The Morgan fingerprint density at radius 3 is 1.27 bits per heavy atom. The standard InChI is InChI=1S/C28H10B15NO/c1-28(2,3)8-15(35)12(32)6-7-14(34)25(22(42)23(43)27(7)45-26(6)16(8)36)44-24-13(33)5(11(31)19(39)21(24)41)4-9(29)17(37)20(40)18(38)10(4)30/h44H,1-3H3. The summed E-state index contributed by atoms with van der Waals surface area (Å²) in [5.41, 5.74) is 1.48. The van der Waals surface area contributed by atoms with Gasteiger partial charge >= 0.3 is 0 Å². The second kappa shape index (κ2) is 11.3. The molecule has 5 aromatic rings. The van der Waals surface area contributed by atoms with Crippen molar-refractivity contribution in [1.29, 1.82) is 0 Å². The van der Waals surface area contributed by atoms with Gasteiger partial charge in [-0.25, -0.2) is 0 Å². The number of furan rings is 1. The second-order valence-electron chi connectivity index (χ2n) is 12.0. The van der Waals surface area contributed by atoms with Crippen LogP contribution in [0, 0.1) is 0 Å². The molecule has 1 N–H and O–H groups in total. The molecule has 0 fully saturated rings. The van der Waals surface area contributed by atoms with Crippen LogP contribution in [0.1, 0.15) is 26.3 Å². The van der Waals surface area contributed by atoms with Crippen molar-refractivity contribution in [2.24, 2.45) is 0 Å². The first-order valence-electron chi connectivity index (χ1n) is 13.5. The highest BCUT2D eigenvalue weighted by molar-refractivity contribution is 6.71. The fourth-order valence-corrected chi connectivity index (χ4v) is 5.80. The SMILES string of the molecule is [B]c1c([B])c([B])c(-c2c([B])c([B])c([B])c(Nc3c([B])c([B])c4oc5c([B])c(C(C)(C)C)c([B])c([B])c5c4c3[B])c2[B])c([B])c1[B]. The van der Waals surface area contributed by atoms with E-state index in [1.54, 1.807) is 0 Å². The molecule has 0 aliphatic rings. The summed E-state index contributed by atoms with van der Waals surface area (Å²) >= 11 is 0. The number of anilines is 2. The Hall–Kier alpha value is -2.55. The molecule has 0 bridgehead atoms. The lowest BCUT2D eigenvalue weighted by atomic mass is 9.56. The molecule has 0 aliphatic carbocycles. The zero-order chi connectivity index (χ0) is 33.8. The molecule has 0 unspecified atom stereocenters. The van der Waals surface area contributed by atoms with Crippen LogP contribution >= 0.6 is 0 Å². The molecule has 4 aromatic carbocycles. The van der Waals surface area contributed by atoms with Crippen molar-refractivity contribution in [3.63, 3.8) is 0 Å². The molecular weight excluding hydrogens is 528 g/mol. The van der Waals surface area contributed by atoms with E-state index in [-0.39, 0.29) is 116 Å². The summed E-state index contributed by atoms with van der Waals surface area (Å²) < 4.78 is 6.15. The minimum Gasteiger partial charge on any atom is -0.457 e. The van der Waals surface area contributed by atoms with E-state index >= 15 is 0 Å². The average molecular weight is 539 g/mol. The lowest BCUT2D eigenvalue weighted by Gasteiger charge is -2.29. The van der Waals surface area contributed by atoms with E-state index in [1.807, 2.05) is 20.8 Å². The minimum absolute atomic E-state index is 0.000473. The van der Waals surface area contributed by atoms with Crippen LogP contribution in [0.4, 0.5) is 11.4 Å². The van der Waals surface area contributed by atoms with Gasteiger partial charge in [0, 0.05) is 22.1 Å². The maximum atomic E-state index is 6.74. The van der Waals surface area contributed by atoms with Crippen LogP contribution in [0.2, 0.25) is 0 Å². The molecule has 17 heteroatoms. The topological polar surface area (TPSA) is 25.2 Å². The van der Waals surface area contributed by atoms with Crippen LogP contribution in [0.5, 0.6) is 0 Å². The molecule has 0 saturated carbocycles. The van der Waals surface area contributed by atoms with Gasteiger partial charge < -0.3 is 9.73 Å². The fraction of sp³-hybridized carbons (Fsp3) is 0.143. The predicted octanol–water partition coefficient (Wildman–Crippen LogP) is -9.80. The lowest BCUT2D eigenvalue weighted by Crippen LogP contribution is -2.57. The Morgan fingerprint density at radius 1 is 0.378 bits per heavy atom. The van der Waals surface area contributed by atoms with Crippen molar-refractivity contribution in [1.82, 2.24) is 0 Å². The molecule has 0 aliphatic heterocycles. The van der Waals surface area contributed by atoms with Gasteiger partial charge in [0.15, 0.2) is 0 Å². The predicted molar refractivity (Wildman–Crippen MR) is 208 cm³/mol. The molecule has 30 radical (unpaired) electrons. The number of hydrogen-bond donors (Lipinski definition) is 1. The molecule has 0 saturated heterocycles. The van der Waals surface area contributed by atoms with Crippen molar-refractivity contribution in [3.05, 3.63) is 5.56 Å². The first kappa shape index (κ1) is 33.8. The van der Waals surface area contributed by atoms with Gasteiger partial charge in [0.1, 0.15) is 129 Å². The minimum atomic E-state index is -0.466. The summed E-state index contributed by atoms with van der Waals surface area (Å²) in [6.45, 7) is 5.84. The normalized spacial score (nSPS) is 11.9. The van der Waals surface area contributed by atoms with Gasteiger partial charge in [0.05, 0.1) is 0 Å². The summed E-state index contributed by atoms with van der Waals surface area (Å²) in [5, 5.41) is 3.74. The summed E-state index contributed by atoms with van der Waals surface area (Å²) in [6.07, 6.45) is 0. The molecular formula is C28H10B15NO. The third kappa shape index (κ3) is 4.84. The van der Waals surface area contributed by atoms with E-state index in [1.165, 1.54) is 0 Å². The van der Waals surface area contributed by atoms with Crippen molar-refractivity contribution in [3.8, 4) is 11.1 Å². The molecule has 45 heavy (non-hydrogen) atoms. The molecule has 1 aromatic heterocycles. The molecule has 0 amide bonds. The van der Waals surface area contributed by atoms with Crippen LogP contribution in [0.15, 0.2) is 4.42 Å². The van der Waals surface area contributed by atoms with Gasteiger partial charge in [-0.1, -0.05) is 86.4 Å². The van der Waals surface area contributed by atoms with Crippen molar-refractivity contribution >= 4 is 233 Å². The number of rotatable bonds is 3. The highest BCUT2D eigenvalue weighted by Gasteiger charge is 2.27. The zero-order valence-corrected chi connectivity index (χ0v) is 25.1. The van der Waals surface area contributed by atoms with Crippen LogP contribution in [-0.4, -0.2) is 118 Å². The molecule has 0 spiro atoms. The third-order valence-electron chi connectivity index (χ3n) is 8.20. The Bertz CT molecular complexity index is 2100. The van der Waals surface area contributed by atoms with E-state index < -0.39 is 5.41 Å². The summed E-state index contributed by atoms with van der Waals surface area (Å²) in [4.78, 5) is 0. The van der Waals surface area contributed by atoms with E-state index in [4.69, 9.17) is 122 Å². The molecule has 1 heterocycles. The van der Waals surface area contributed by atoms with Gasteiger partial charge in [-0.15, -0.1) is 21.9 Å². The van der Waals surface area contributed by atoms with Gasteiger partial charge in [0.2, 0.25) is 0 Å². The molecule has 2 nitrogen and oxygen atoms in total. The third-order valence-corrected chi connectivity index (χ3v) is 8.20. The first-order chi connectivity index (χ1) is 20.7. The van der Waals surface area contributed by atoms with Gasteiger partial charge in [-0.05, 0) is 16.5 Å². The van der Waals surface area contributed by atoms with E-state index in [2.05, 4.69) is 5.32 Å². The maximum Gasteiger partial charge on any atom is 0.127 e. The molecule has 5 rings (SSSR count). The number of fused-ring (bicyclic) bond motifs is 3. The first-order valence-corrected chi connectivity index (χ1v) is 13.5. The summed E-state index contributed by atoms with van der Waals surface area (Å²) in [6, 6.07) is 0. The van der Waals surface area contributed by atoms with E-state index in [0.29, 0.717) is 16.3 Å². The molecule has 0 atom stereocenters. The Balaban J connectivity index is 1.85. The smallest absolute Gasteiger partial charge is 0.127 e. The Kier molecular flexibility index (Phi) is 8.50. The lowest BCUT2D eigenvalue weighted by molar-refractivity contribution is 0.596. The van der Waals surface area contributed by atoms with Crippen LogP contribution < -0.4 is 87.3 Å². The number of nitrogens with one attached hydrogen (secondary N) is 1. The largest absolute Gasteiger partial charge is 0.457 e. The quantitative estimate of drug-likeness (QED) is 0.231. The number of benzene rings is 4. The van der Waals surface area contributed by atoms with Crippen LogP contribution in [0.3, 0.4) is 0 Å². The van der Waals surface area contributed by atoms with Gasteiger partial charge in [-0.3, -0.25) is 0 Å². The Labute approximate surface area is 284 Å². The number of hydrogen-bond acceptors (Lipinski definition) is 2. The highest BCUT2D eigenvalue weighted by Crippen LogP contribution is 2.28. The van der Waals surface area contributed by atoms with Crippen LogP contribution in [-0.2, 0) is 5.41 Å². The monoisotopic (exact) mass is 541 g/mol. The summed E-state index contributed by atoms with van der Waals surface area (Å²) in [5.74, 6) is 0. The van der Waals surface area contributed by atoms with Gasteiger partial charge in [-0.2, -0.15) is 0 Å². The maximum absolute atomic E-state index is 6.74. The van der Waals surface area contributed by atoms with Crippen molar-refractivity contribution in [2.75, 3.05) is 5.32 Å². The van der Waals surface area contributed by atoms with Crippen molar-refractivity contribution in [2.45, 2.75) is 26.2 Å². The fourth-order valence-electron chi connectivity index (χ4n) is 5.80. The second-order valence-corrected chi connectivity index (χ2v) is 12.0.